The van der Waals surface area contributed by atoms with Crippen LogP contribution in [0.3, 0.4) is 0 Å². The van der Waals surface area contributed by atoms with Crippen LogP contribution in [0.15, 0.2) is 36.8 Å². The van der Waals surface area contributed by atoms with Crippen molar-refractivity contribution in [3.05, 3.63) is 41.8 Å². The third kappa shape index (κ3) is 3.07. The lowest BCUT2D eigenvalue weighted by Crippen LogP contribution is -2.06. The van der Waals surface area contributed by atoms with Crippen LogP contribution in [-0.2, 0) is 0 Å². The Morgan fingerprint density at radius 1 is 1.27 bits per heavy atom. The van der Waals surface area contributed by atoms with Crippen molar-refractivity contribution in [2.24, 2.45) is 5.92 Å². The molecule has 0 amide bonds. The first-order valence-corrected chi connectivity index (χ1v) is 7.85. The molecule has 5 heteroatoms. The fraction of sp³-hybridized carbons (Fsp3) is 0.294. The van der Waals surface area contributed by atoms with Crippen LogP contribution in [0.1, 0.15) is 20.3 Å². The van der Waals surface area contributed by atoms with Gasteiger partial charge in [-0.05, 0) is 30.0 Å². The average molecular weight is 315 g/mol. The second kappa shape index (κ2) is 6.36. The van der Waals surface area contributed by atoms with Crippen LogP contribution in [0.2, 0.25) is 5.02 Å². The maximum absolute atomic E-state index is 6.11. The lowest BCUT2D eigenvalue weighted by atomic mass is 10.1. The van der Waals surface area contributed by atoms with E-state index >= 15 is 0 Å². The highest BCUT2D eigenvalue weighted by molar-refractivity contribution is 6.30. The summed E-state index contributed by atoms with van der Waals surface area (Å²) in [5.74, 6) is 1.52. The van der Waals surface area contributed by atoms with Gasteiger partial charge in [0, 0.05) is 23.3 Å². The summed E-state index contributed by atoms with van der Waals surface area (Å²) in [7, 11) is 0. The number of nitrogens with one attached hydrogen (secondary N) is 2. The molecule has 2 N–H and O–H groups in total. The summed E-state index contributed by atoms with van der Waals surface area (Å²) in [4.78, 5) is 11.9. The fourth-order valence-corrected chi connectivity index (χ4v) is 2.65. The molecule has 0 spiro atoms. The average Bonchev–Trinajstić information content (AvgIpc) is 2.92. The molecule has 1 aromatic carbocycles. The quantitative estimate of drug-likeness (QED) is 0.715. The molecule has 22 heavy (non-hydrogen) atoms. The summed E-state index contributed by atoms with van der Waals surface area (Å²) in [6, 6.07) is 7.82. The summed E-state index contributed by atoms with van der Waals surface area (Å²) < 4.78 is 0. The monoisotopic (exact) mass is 314 g/mol. The Morgan fingerprint density at radius 3 is 2.91 bits per heavy atom. The minimum atomic E-state index is 0.656. The number of H-pyrrole nitrogens is 1. The van der Waals surface area contributed by atoms with Gasteiger partial charge < -0.3 is 10.3 Å². The van der Waals surface area contributed by atoms with Gasteiger partial charge in [-0.2, -0.15) is 0 Å². The van der Waals surface area contributed by atoms with E-state index in [4.69, 9.17) is 11.6 Å². The number of benzene rings is 1. The second-order valence-corrected chi connectivity index (χ2v) is 6.20. The molecule has 0 radical (unpaired) electrons. The number of aromatic amines is 1. The fourth-order valence-electron chi connectivity index (χ4n) is 2.46. The van der Waals surface area contributed by atoms with E-state index in [0.717, 1.165) is 46.0 Å². The molecule has 3 aromatic rings. The van der Waals surface area contributed by atoms with Crippen LogP contribution in [0.25, 0.3) is 22.2 Å². The topological polar surface area (TPSA) is 53.6 Å². The van der Waals surface area contributed by atoms with Crippen molar-refractivity contribution in [3.63, 3.8) is 0 Å². The SMILES string of the molecule is CC(C)CCNc1ncnc2[nH]cc(-c3cccc(Cl)c3)c12. The first-order valence-electron chi connectivity index (χ1n) is 7.47. The van der Waals surface area contributed by atoms with Gasteiger partial charge in [-0.25, -0.2) is 9.97 Å². The molecule has 0 saturated carbocycles. The normalized spacial score (nSPS) is 11.3. The van der Waals surface area contributed by atoms with Crippen LogP contribution in [0.4, 0.5) is 5.82 Å². The van der Waals surface area contributed by atoms with Crippen LogP contribution >= 0.6 is 11.6 Å². The van der Waals surface area contributed by atoms with Crippen molar-refractivity contribution >= 4 is 28.5 Å². The Hall–Kier alpha value is -2.07. The van der Waals surface area contributed by atoms with Crippen molar-refractivity contribution in [1.82, 2.24) is 15.0 Å². The van der Waals surface area contributed by atoms with Crippen LogP contribution < -0.4 is 5.32 Å². The first-order chi connectivity index (χ1) is 10.6. The van der Waals surface area contributed by atoms with Crippen molar-refractivity contribution in [1.29, 1.82) is 0 Å². The Kier molecular flexibility index (Phi) is 4.29. The van der Waals surface area contributed by atoms with E-state index in [-0.39, 0.29) is 0 Å². The second-order valence-electron chi connectivity index (χ2n) is 5.77. The largest absolute Gasteiger partial charge is 0.369 e. The standard InChI is InChI=1S/C17H19ClN4/c1-11(2)6-7-19-16-15-14(9-20-17(15)22-10-21-16)12-4-3-5-13(18)8-12/h3-5,8-11H,6-7H2,1-2H3,(H2,19,20,21,22). The molecule has 0 aliphatic heterocycles. The molecule has 0 unspecified atom stereocenters. The van der Waals surface area contributed by atoms with Gasteiger partial charge >= 0.3 is 0 Å². The van der Waals surface area contributed by atoms with E-state index in [1.165, 1.54) is 0 Å². The van der Waals surface area contributed by atoms with E-state index in [1.54, 1.807) is 6.33 Å². The van der Waals surface area contributed by atoms with Gasteiger partial charge in [0.2, 0.25) is 0 Å². The summed E-state index contributed by atoms with van der Waals surface area (Å²) in [5, 5.41) is 5.15. The molecular formula is C17H19ClN4. The molecule has 0 fully saturated rings. The van der Waals surface area contributed by atoms with E-state index in [1.807, 2.05) is 30.5 Å². The molecule has 0 saturated heterocycles. The minimum absolute atomic E-state index is 0.656. The van der Waals surface area contributed by atoms with E-state index in [9.17, 15) is 0 Å². The summed E-state index contributed by atoms with van der Waals surface area (Å²) >= 11 is 6.11. The lowest BCUT2D eigenvalue weighted by molar-refractivity contribution is 0.607. The smallest absolute Gasteiger partial charge is 0.143 e. The predicted molar refractivity (Wildman–Crippen MR) is 92.3 cm³/mol. The molecular weight excluding hydrogens is 296 g/mol. The van der Waals surface area contributed by atoms with Gasteiger partial charge in [-0.15, -0.1) is 0 Å². The van der Waals surface area contributed by atoms with Crippen molar-refractivity contribution in [2.75, 3.05) is 11.9 Å². The van der Waals surface area contributed by atoms with Gasteiger partial charge in [-0.1, -0.05) is 37.6 Å². The van der Waals surface area contributed by atoms with Crippen molar-refractivity contribution in [3.8, 4) is 11.1 Å². The zero-order valence-electron chi connectivity index (χ0n) is 12.7. The van der Waals surface area contributed by atoms with E-state index in [2.05, 4.69) is 34.1 Å². The lowest BCUT2D eigenvalue weighted by Gasteiger charge is -2.09. The molecule has 114 valence electrons. The van der Waals surface area contributed by atoms with Gasteiger partial charge in [0.25, 0.3) is 0 Å². The number of fused-ring (bicyclic) bond motifs is 1. The van der Waals surface area contributed by atoms with E-state index in [0.29, 0.717) is 5.92 Å². The van der Waals surface area contributed by atoms with Gasteiger partial charge in [-0.3, -0.25) is 0 Å². The van der Waals surface area contributed by atoms with Gasteiger partial charge in [0.15, 0.2) is 0 Å². The van der Waals surface area contributed by atoms with E-state index < -0.39 is 0 Å². The maximum Gasteiger partial charge on any atom is 0.143 e. The third-order valence-corrected chi connectivity index (χ3v) is 3.85. The molecule has 0 atom stereocenters. The number of halogens is 1. The van der Waals surface area contributed by atoms with Crippen molar-refractivity contribution in [2.45, 2.75) is 20.3 Å². The number of anilines is 1. The molecule has 2 aromatic heterocycles. The summed E-state index contributed by atoms with van der Waals surface area (Å²) in [5.41, 5.74) is 2.95. The van der Waals surface area contributed by atoms with Gasteiger partial charge in [0.05, 0.1) is 5.39 Å². The van der Waals surface area contributed by atoms with Crippen LogP contribution in [-0.4, -0.2) is 21.5 Å². The van der Waals surface area contributed by atoms with Crippen molar-refractivity contribution < 1.29 is 0 Å². The molecule has 0 bridgehead atoms. The molecule has 0 aliphatic rings. The minimum Gasteiger partial charge on any atom is -0.369 e. The predicted octanol–water partition coefficient (Wildman–Crippen LogP) is 4.74. The number of rotatable bonds is 5. The highest BCUT2D eigenvalue weighted by Gasteiger charge is 2.12. The third-order valence-electron chi connectivity index (χ3n) is 3.62. The van der Waals surface area contributed by atoms with Crippen LogP contribution in [0.5, 0.6) is 0 Å². The summed E-state index contributed by atoms with van der Waals surface area (Å²) in [6.07, 6.45) is 4.64. The van der Waals surface area contributed by atoms with Crippen LogP contribution in [0, 0.1) is 5.92 Å². The molecule has 0 aliphatic carbocycles. The molecule has 3 rings (SSSR count). The summed E-state index contributed by atoms with van der Waals surface area (Å²) in [6.45, 7) is 5.32. The number of hydrogen-bond acceptors (Lipinski definition) is 3. The Labute approximate surface area is 134 Å². The molecule has 4 nitrogen and oxygen atoms in total. The zero-order chi connectivity index (χ0) is 15.5. The van der Waals surface area contributed by atoms with Gasteiger partial charge in [0.1, 0.15) is 17.8 Å². The Bertz CT molecular complexity index is 779. The highest BCUT2D eigenvalue weighted by atomic mass is 35.5. The Balaban J connectivity index is 2.01. The number of aromatic nitrogens is 3. The zero-order valence-corrected chi connectivity index (χ0v) is 13.5. The number of nitrogens with zero attached hydrogens (tertiary/aromatic N) is 2. The number of hydrogen-bond donors (Lipinski definition) is 2. The molecule has 2 heterocycles. The highest BCUT2D eigenvalue weighted by Crippen LogP contribution is 2.32. The first kappa shape index (κ1) is 14.9. The Morgan fingerprint density at radius 2 is 2.14 bits per heavy atom. The maximum atomic E-state index is 6.11.